The minimum atomic E-state index is 0.558. The normalized spacial score (nSPS) is 11.3. The molecule has 0 atom stereocenters. The number of aromatic amines is 1. The van der Waals surface area contributed by atoms with Crippen LogP contribution in [0.15, 0.2) is 72.8 Å². The number of hydrogen-bond donors (Lipinski definition) is 1. The van der Waals surface area contributed by atoms with Gasteiger partial charge in [0, 0.05) is 21.5 Å². The Balaban J connectivity index is 1.83. The zero-order valence-electron chi connectivity index (χ0n) is 14.1. The molecule has 5 rings (SSSR count). The second-order valence-electron chi connectivity index (χ2n) is 6.30. The number of imidazole rings is 1. The maximum absolute atomic E-state index is 6.50. The molecule has 0 aliphatic carbocycles. The Bertz CT molecular complexity index is 1270. The highest BCUT2D eigenvalue weighted by atomic mass is 35.5. The summed E-state index contributed by atoms with van der Waals surface area (Å²) in [5.74, 6) is 0.760. The van der Waals surface area contributed by atoms with Crippen molar-refractivity contribution in [2.75, 3.05) is 0 Å². The first kappa shape index (κ1) is 16.3. The second-order valence-corrected chi connectivity index (χ2v) is 7.15. The topological polar surface area (TPSA) is 41.6 Å². The Labute approximate surface area is 165 Å². The Morgan fingerprint density at radius 3 is 2.30 bits per heavy atom. The number of nitrogens with zero attached hydrogens (tertiary/aromatic N) is 2. The van der Waals surface area contributed by atoms with Crippen LogP contribution in [0.2, 0.25) is 10.0 Å². The monoisotopic (exact) mass is 389 g/mol. The number of fused-ring (bicyclic) bond motifs is 2. The first-order valence-corrected chi connectivity index (χ1v) is 9.25. The van der Waals surface area contributed by atoms with Gasteiger partial charge in [-0.05, 0) is 42.5 Å². The molecule has 0 fully saturated rings. The van der Waals surface area contributed by atoms with Crippen LogP contribution in [0.4, 0.5) is 0 Å². The average molecular weight is 390 g/mol. The lowest BCUT2D eigenvalue weighted by Crippen LogP contribution is -1.93. The first-order valence-electron chi connectivity index (χ1n) is 8.49. The minimum absolute atomic E-state index is 0.558. The zero-order chi connectivity index (χ0) is 18.4. The standard InChI is InChI=1S/C22H13Cl2N3/c23-14-9-10-15(17(24)12-14)21-16(11-13-5-1-2-6-18(13)25-21)22-26-19-7-3-4-8-20(19)27-22/h1-12H,(H,26,27). The fraction of sp³-hybridized carbons (Fsp3) is 0. The molecule has 0 bridgehead atoms. The molecule has 0 saturated heterocycles. The Morgan fingerprint density at radius 1 is 0.704 bits per heavy atom. The van der Waals surface area contributed by atoms with Gasteiger partial charge in [0.2, 0.25) is 0 Å². The SMILES string of the molecule is Clc1ccc(-c2nc3ccccc3cc2-c2nc3ccccc3[nH]2)c(Cl)c1. The van der Waals surface area contributed by atoms with E-state index in [4.69, 9.17) is 33.2 Å². The van der Waals surface area contributed by atoms with Crippen molar-refractivity contribution in [1.29, 1.82) is 0 Å². The van der Waals surface area contributed by atoms with Crippen molar-refractivity contribution in [3.05, 3.63) is 82.8 Å². The van der Waals surface area contributed by atoms with Gasteiger partial charge in [0.1, 0.15) is 5.82 Å². The summed E-state index contributed by atoms with van der Waals surface area (Å²) in [4.78, 5) is 13.1. The number of halogens is 2. The summed E-state index contributed by atoms with van der Waals surface area (Å²) < 4.78 is 0. The van der Waals surface area contributed by atoms with Gasteiger partial charge in [-0.15, -0.1) is 0 Å². The van der Waals surface area contributed by atoms with Crippen molar-refractivity contribution in [3.63, 3.8) is 0 Å². The summed E-state index contributed by atoms with van der Waals surface area (Å²) in [7, 11) is 0. The van der Waals surface area contributed by atoms with E-state index in [-0.39, 0.29) is 0 Å². The van der Waals surface area contributed by atoms with Crippen LogP contribution < -0.4 is 0 Å². The summed E-state index contributed by atoms with van der Waals surface area (Å²) in [6.45, 7) is 0. The van der Waals surface area contributed by atoms with E-state index in [2.05, 4.69) is 11.1 Å². The van der Waals surface area contributed by atoms with Crippen molar-refractivity contribution in [1.82, 2.24) is 15.0 Å². The van der Waals surface area contributed by atoms with Crippen LogP contribution in [0.25, 0.3) is 44.6 Å². The lowest BCUT2D eigenvalue weighted by Gasteiger charge is -2.11. The molecule has 0 radical (unpaired) electrons. The number of aromatic nitrogens is 3. The third-order valence-corrected chi connectivity index (χ3v) is 5.10. The fourth-order valence-corrected chi connectivity index (χ4v) is 3.76. The maximum atomic E-state index is 6.50. The number of hydrogen-bond acceptors (Lipinski definition) is 2. The van der Waals surface area contributed by atoms with Gasteiger partial charge < -0.3 is 4.98 Å². The van der Waals surface area contributed by atoms with Crippen LogP contribution in [-0.4, -0.2) is 15.0 Å². The molecule has 2 aromatic heterocycles. The predicted molar refractivity (Wildman–Crippen MR) is 112 cm³/mol. The van der Waals surface area contributed by atoms with Gasteiger partial charge in [-0.3, -0.25) is 0 Å². The van der Waals surface area contributed by atoms with Gasteiger partial charge >= 0.3 is 0 Å². The lowest BCUT2D eigenvalue weighted by molar-refractivity contribution is 1.31. The number of H-pyrrole nitrogens is 1. The minimum Gasteiger partial charge on any atom is -0.338 e. The van der Waals surface area contributed by atoms with Crippen LogP contribution in [0.1, 0.15) is 0 Å². The van der Waals surface area contributed by atoms with Crippen LogP contribution in [0, 0.1) is 0 Å². The Hall–Kier alpha value is -2.88. The molecule has 0 spiro atoms. The van der Waals surface area contributed by atoms with Gasteiger partial charge in [-0.1, -0.05) is 53.5 Å². The summed E-state index contributed by atoms with van der Waals surface area (Å²) in [6.07, 6.45) is 0. The van der Waals surface area contributed by atoms with E-state index in [1.807, 2.05) is 60.7 Å². The number of pyridine rings is 1. The van der Waals surface area contributed by atoms with Crippen LogP contribution in [0.3, 0.4) is 0 Å². The van der Waals surface area contributed by atoms with Crippen LogP contribution >= 0.6 is 23.2 Å². The zero-order valence-corrected chi connectivity index (χ0v) is 15.6. The van der Waals surface area contributed by atoms with Crippen molar-refractivity contribution in [3.8, 4) is 22.6 Å². The number of para-hydroxylation sites is 3. The quantitative estimate of drug-likeness (QED) is 0.362. The van der Waals surface area contributed by atoms with Crippen LogP contribution in [0.5, 0.6) is 0 Å². The van der Waals surface area contributed by atoms with Crippen molar-refractivity contribution < 1.29 is 0 Å². The lowest BCUT2D eigenvalue weighted by atomic mass is 10.0. The molecule has 27 heavy (non-hydrogen) atoms. The molecule has 3 aromatic carbocycles. The van der Waals surface area contributed by atoms with E-state index in [0.717, 1.165) is 44.6 Å². The second kappa shape index (κ2) is 6.38. The first-order chi connectivity index (χ1) is 13.2. The summed E-state index contributed by atoms with van der Waals surface area (Å²) in [5, 5.41) is 2.19. The van der Waals surface area contributed by atoms with Crippen molar-refractivity contribution in [2.45, 2.75) is 0 Å². The molecule has 5 heteroatoms. The number of nitrogens with one attached hydrogen (secondary N) is 1. The summed E-state index contributed by atoms with van der Waals surface area (Å²) >= 11 is 12.6. The Kier molecular flexibility index (Phi) is 3.85. The highest BCUT2D eigenvalue weighted by Crippen LogP contribution is 2.37. The highest BCUT2D eigenvalue weighted by Gasteiger charge is 2.17. The fourth-order valence-electron chi connectivity index (χ4n) is 3.26. The van der Waals surface area contributed by atoms with E-state index in [9.17, 15) is 0 Å². The van der Waals surface area contributed by atoms with E-state index >= 15 is 0 Å². The predicted octanol–water partition coefficient (Wildman–Crippen LogP) is 6.75. The molecule has 0 amide bonds. The number of rotatable bonds is 2. The molecule has 3 nitrogen and oxygen atoms in total. The number of benzene rings is 3. The molecule has 1 N–H and O–H groups in total. The summed E-state index contributed by atoms with van der Waals surface area (Å²) in [5.41, 5.74) is 5.28. The van der Waals surface area contributed by atoms with Crippen molar-refractivity contribution >= 4 is 45.1 Å². The maximum Gasteiger partial charge on any atom is 0.140 e. The largest absolute Gasteiger partial charge is 0.338 e. The van der Waals surface area contributed by atoms with E-state index in [1.165, 1.54) is 0 Å². The summed E-state index contributed by atoms with van der Waals surface area (Å²) in [6, 6.07) is 23.5. The van der Waals surface area contributed by atoms with Crippen LogP contribution in [-0.2, 0) is 0 Å². The van der Waals surface area contributed by atoms with Gasteiger partial charge in [0.25, 0.3) is 0 Å². The van der Waals surface area contributed by atoms with Gasteiger partial charge in [0.05, 0.1) is 27.3 Å². The molecule has 0 unspecified atom stereocenters. The molecule has 0 aliphatic heterocycles. The molecule has 2 heterocycles. The van der Waals surface area contributed by atoms with E-state index in [1.54, 1.807) is 6.07 Å². The van der Waals surface area contributed by atoms with Crippen molar-refractivity contribution in [2.24, 2.45) is 0 Å². The highest BCUT2D eigenvalue weighted by molar-refractivity contribution is 6.36. The third-order valence-electron chi connectivity index (χ3n) is 4.55. The molecule has 0 saturated carbocycles. The third kappa shape index (κ3) is 2.85. The van der Waals surface area contributed by atoms with Gasteiger partial charge in [0.15, 0.2) is 0 Å². The molecule has 130 valence electrons. The Morgan fingerprint density at radius 2 is 1.48 bits per heavy atom. The molecular formula is C22H13Cl2N3. The smallest absolute Gasteiger partial charge is 0.140 e. The van der Waals surface area contributed by atoms with Gasteiger partial charge in [-0.2, -0.15) is 0 Å². The molecular weight excluding hydrogens is 377 g/mol. The van der Waals surface area contributed by atoms with Gasteiger partial charge in [-0.25, -0.2) is 9.97 Å². The molecule has 5 aromatic rings. The molecule has 0 aliphatic rings. The van der Waals surface area contributed by atoms with E-state index < -0.39 is 0 Å². The van der Waals surface area contributed by atoms with E-state index in [0.29, 0.717) is 10.0 Å². The average Bonchev–Trinajstić information content (AvgIpc) is 3.11.